The summed E-state index contributed by atoms with van der Waals surface area (Å²) in [5, 5.41) is 0. The lowest BCUT2D eigenvalue weighted by Crippen LogP contribution is -2.49. The molecule has 0 aromatic carbocycles. The van der Waals surface area contributed by atoms with Crippen molar-refractivity contribution in [1.29, 1.82) is 0 Å². The average Bonchev–Trinajstić information content (AvgIpc) is 2.96. The predicted octanol–water partition coefficient (Wildman–Crippen LogP) is 4.01. The van der Waals surface area contributed by atoms with Crippen molar-refractivity contribution in [2.45, 2.75) is 51.9 Å². The highest BCUT2D eigenvalue weighted by atomic mass is 16.6. The summed E-state index contributed by atoms with van der Waals surface area (Å²) in [6.45, 7) is 6.72. The molecule has 1 aliphatic heterocycles. The topological polar surface area (TPSA) is 46.6 Å². The zero-order valence-electron chi connectivity index (χ0n) is 14.7. The van der Waals surface area contributed by atoms with Crippen molar-refractivity contribution in [1.82, 2.24) is 4.90 Å². The molecule has 5 aliphatic rings. The Morgan fingerprint density at radius 1 is 1.29 bits per heavy atom. The summed E-state index contributed by atoms with van der Waals surface area (Å²) in [5.74, 6) is 2.55. The minimum Gasteiger partial charge on any atom is -0.447 e. The molecule has 5 fully saturated rings. The van der Waals surface area contributed by atoms with Gasteiger partial charge in [-0.15, -0.1) is 6.58 Å². The Morgan fingerprint density at radius 3 is 2.33 bits per heavy atom. The lowest BCUT2D eigenvalue weighted by molar-refractivity contribution is -0.137. The number of imide groups is 1. The van der Waals surface area contributed by atoms with E-state index in [0.717, 1.165) is 24.2 Å². The Kier molecular flexibility index (Phi) is 3.97. The van der Waals surface area contributed by atoms with Crippen LogP contribution in [0.4, 0.5) is 4.79 Å². The third-order valence-electron chi connectivity index (χ3n) is 7.17. The number of cyclic esters (lactones) is 1. The molecular weight excluding hydrogens is 302 g/mol. The number of carbonyl (C=O) groups excluding carboxylic acids is 2. The van der Waals surface area contributed by atoms with Crippen molar-refractivity contribution in [2.75, 3.05) is 13.2 Å². The predicted molar refractivity (Wildman–Crippen MR) is 91.1 cm³/mol. The molecular formula is C20H29NO3. The molecule has 2 unspecified atom stereocenters. The summed E-state index contributed by atoms with van der Waals surface area (Å²) in [6.07, 6.45) is 10.4. The molecule has 0 spiro atoms. The van der Waals surface area contributed by atoms with Crippen LogP contribution in [0.25, 0.3) is 0 Å². The summed E-state index contributed by atoms with van der Waals surface area (Å²) >= 11 is 0. The van der Waals surface area contributed by atoms with E-state index in [4.69, 9.17) is 4.74 Å². The maximum absolute atomic E-state index is 13.1. The molecule has 0 aromatic rings. The Morgan fingerprint density at radius 2 is 1.88 bits per heavy atom. The van der Waals surface area contributed by atoms with Gasteiger partial charge in [0, 0.05) is 5.92 Å². The number of allylic oxidation sites excluding steroid dienone is 1. The molecule has 4 nitrogen and oxygen atoms in total. The quantitative estimate of drug-likeness (QED) is 0.715. The first kappa shape index (κ1) is 16.2. The van der Waals surface area contributed by atoms with Crippen LogP contribution in [0.15, 0.2) is 12.7 Å². The van der Waals surface area contributed by atoms with Crippen molar-refractivity contribution in [2.24, 2.45) is 35.0 Å². The SMILES string of the molecule is C=CC(C)C(CC12CC3CC(CC(C3)C1)C2)C(=O)N1CCOC1=O. The van der Waals surface area contributed by atoms with Crippen LogP contribution in [0.1, 0.15) is 51.9 Å². The van der Waals surface area contributed by atoms with Crippen molar-refractivity contribution in [3.05, 3.63) is 12.7 Å². The molecule has 0 N–H and O–H groups in total. The first-order chi connectivity index (χ1) is 11.5. The van der Waals surface area contributed by atoms with Crippen LogP contribution in [0.5, 0.6) is 0 Å². The molecule has 4 aliphatic carbocycles. The van der Waals surface area contributed by atoms with E-state index in [1.807, 2.05) is 6.08 Å². The highest BCUT2D eigenvalue weighted by molar-refractivity contribution is 5.94. The molecule has 4 heteroatoms. The minimum absolute atomic E-state index is 0.0411. The van der Waals surface area contributed by atoms with Crippen LogP contribution < -0.4 is 0 Å². The lowest BCUT2D eigenvalue weighted by atomic mass is 9.47. The molecule has 4 saturated carbocycles. The number of hydrogen-bond donors (Lipinski definition) is 0. The van der Waals surface area contributed by atoms with Gasteiger partial charge in [0.15, 0.2) is 0 Å². The number of ether oxygens (including phenoxy) is 1. The molecule has 1 saturated heterocycles. The minimum atomic E-state index is -0.466. The van der Waals surface area contributed by atoms with Gasteiger partial charge in [-0.25, -0.2) is 9.69 Å². The summed E-state index contributed by atoms with van der Waals surface area (Å²) in [6, 6.07) is 0. The summed E-state index contributed by atoms with van der Waals surface area (Å²) in [4.78, 5) is 26.2. The average molecular weight is 331 g/mol. The molecule has 4 bridgehead atoms. The number of nitrogens with zero attached hydrogens (tertiary/aromatic N) is 1. The van der Waals surface area contributed by atoms with Crippen LogP contribution in [0.3, 0.4) is 0 Å². The highest BCUT2D eigenvalue weighted by Crippen LogP contribution is 2.62. The van der Waals surface area contributed by atoms with Gasteiger partial charge in [0.2, 0.25) is 5.91 Å². The standard InChI is InChI=1S/C20H29NO3/c1-3-13(2)17(18(22)21-4-5-24-19(21)23)12-20-9-14-6-15(10-20)8-16(7-14)11-20/h3,13-17H,1,4-12H2,2H3. The van der Waals surface area contributed by atoms with E-state index in [2.05, 4.69) is 13.5 Å². The molecule has 2 amide bonds. The fraction of sp³-hybridized carbons (Fsp3) is 0.800. The highest BCUT2D eigenvalue weighted by Gasteiger charge is 2.52. The van der Waals surface area contributed by atoms with E-state index in [9.17, 15) is 9.59 Å². The number of carbonyl (C=O) groups is 2. The number of rotatable bonds is 5. The van der Waals surface area contributed by atoms with Gasteiger partial charge < -0.3 is 4.74 Å². The van der Waals surface area contributed by atoms with Gasteiger partial charge in [0.1, 0.15) is 6.61 Å². The van der Waals surface area contributed by atoms with Crippen LogP contribution in [0, 0.1) is 35.0 Å². The first-order valence-corrected chi connectivity index (χ1v) is 9.60. The maximum atomic E-state index is 13.1. The van der Waals surface area contributed by atoms with Crippen molar-refractivity contribution < 1.29 is 14.3 Å². The van der Waals surface area contributed by atoms with Gasteiger partial charge in [0.05, 0.1) is 6.54 Å². The zero-order valence-corrected chi connectivity index (χ0v) is 14.7. The Labute approximate surface area is 144 Å². The maximum Gasteiger partial charge on any atom is 0.416 e. The second kappa shape index (κ2) is 5.89. The normalized spacial score (nSPS) is 39.6. The monoisotopic (exact) mass is 331 g/mol. The summed E-state index contributed by atoms with van der Waals surface area (Å²) in [7, 11) is 0. The van der Waals surface area contributed by atoms with Gasteiger partial charge in [-0.1, -0.05) is 13.0 Å². The molecule has 5 rings (SSSR count). The molecule has 132 valence electrons. The Balaban J connectivity index is 1.55. The molecule has 24 heavy (non-hydrogen) atoms. The number of amides is 2. The van der Waals surface area contributed by atoms with E-state index in [1.165, 1.54) is 43.4 Å². The van der Waals surface area contributed by atoms with E-state index < -0.39 is 6.09 Å². The molecule has 0 radical (unpaired) electrons. The van der Waals surface area contributed by atoms with E-state index >= 15 is 0 Å². The van der Waals surface area contributed by atoms with Crippen molar-refractivity contribution in [3.63, 3.8) is 0 Å². The van der Waals surface area contributed by atoms with Gasteiger partial charge in [-0.2, -0.15) is 0 Å². The Hall–Kier alpha value is -1.32. The van der Waals surface area contributed by atoms with Gasteiger partial charge in [-0.05, 0) is 74.0 Å². The van der Waals surface area contributed by atoms with Gasteiger partial charge in [0.25, 0.3) is 0 Å². The van der Waals surface area contributed by atoms with Crippen LogP contribution in [0.2, 0.25) is 0 Å². The second-order valence-electron chi connectivity index (χ2n) is 8.93. The first-order valence-electron chi connectivity index (χ1n) is 9.60. The summed E-state index contributed by atoms with van der Waals surface area (Å²) < 4.78 is 4.98. The second-order valence-corrected chi connectivity index (χ2v) is 8.93. The van der Waals surface area contributed by atoms with Crippen molar-refractivity contribution in [3.8, 4) is 0 Å². The molecule has 1 heterocycles. The largest absolute Gasteiger partial charge is 0.447 e. The van der Waals surface area contributed by atoms with Crippen LogP contribution in [-0.2, 0) is 9.53 Å². The summed E-state index contributed by atoms with van der Waals surface area (Å²) in [5.41, 5.74) is 0.329. The Bertz CT molecular complexity index is 520. The van der Waals surface area contributed by atoms with E-state index in [-0.39, 0.29) is 17.7 Å². The number of hydrogen-bond acceptors (Lipinski definition) is 3. The third kappa shape index (κ3) is 2.68. The van der Waals surface area contributed by atoms with Crippen molar-refractivity contribution >= 4 is 12.0 Å². The van der Waals surface area contributed by atoms with Gasteiger partial charge >= 0.3 is 6.09 Å². The fourth-order valence-corrected chi connectivity index (χ4v) is 6.46. The van der Waals surface area contributed by atoms with E-state index in [1.54, 1.807) is 0 Å². The van der Waals surface area contributed by atoms with Gasteiger partial charge in [-0.3, -0.25) is 4.79 Å². The zero-order chi connectivity index (χ0) is 16.9. The smallest absolute Gasteiger partial charge is 0.416 e. The fourth-order valence-electron chi connectivity index (χ4n) is 6.46. The molecule has 2 atom stereocenters. The van der Waals surface area contributed by atoms with Crippen LogP contribution >= 0.6 is 0 Å². The van der Waals surface area contributed by atoms with Crippen LogP contribution in [-0.4, -0.2) is 30.1 Å². The third-order valence-corrected chi connectivity index (χ3v) is 7.17. The van der Waals surface area contributed by atoms with E-state index in [0.29, 0.717) is 18.6 Å². The lowest BCUT2D eigenvalue weighted by Gasteiger charge is -2.58. The molecule has 0 aromatic heterocycles.